The molecule has 0 aliphatic carbocycles. The number of aryl methyl sites for hydroxylation is 1. The zero-order chi connectivity index (χ0) is 18.6. The SMILES string of the molecule is Cc1cccc(C(C)C)c1NC(=O)[C@H](C)OC(=O)c1cc[n+]([O-])cc1. The Hall–Kier alpha value is -2.89. The summed E-state index contributed by atoms with van der Waals surface area (Å²) in [4.78, 5) is 24.5. The van der Waals surface area contributed by atoms with Gasteiger partial charge in [0.05, 0.1) is 5.56 Å². The van der Waals surface area contributed by atoms with Gasteiger partial charge in [-0.2, -0.15) is 4.73 Å². The van der Waals surface area contributed by atoms with E-state index < -0.39 is 18.0 Å². The fraction of sp³-hybridized carbons (Fsp3) is 0.316. The number of rotatable bonds is 5. The first-order valence-corrected chi connectivity index (χ1v) is 8.09. The van der Waals surface area contributed by atoms with Crippen LogP contribution in [0.4, 0.5) is 5.69 Å². The van der Waals surface area contributed by atoms with E-state index in [-0.39, 0.29) is 11.5 Å². The van der Waals surface area contributed by atoms with E-state index in [0.717, 1.165) is 16.8 Å². The molecule has 1 aromatic heterocycles. The summed E-state index contributed by atoms with van der Waals surface area (Å²) in [6.45, 7) is 7.52. The molecule has 0 saturated carbocycles. The van der Waals surface area contributed by atoms with Gasteiger partial charge >= 0.3 is 5.97 Å². The van der Waals surface area contributed by atoms with Gasteiger partial charge in [-0.15, -0.1) is 0 Å². The van der Waals surface area contributed by atoms with Crippen LogP contribution in [0.25, 0.3) is 0 Å². The number of aromatic nitrogens is 1. The third kappa shape index (κ3) is 4.56. The molecule has 132 valence electrons. The molecule has 6 heteroatoms. The molecule has 2 aromatic rings. The lowest BCUT2D eigenvalue weighted by Gasteiger charge is -2.19. The Morgan fingerprint density at radius 3 is 2.36 bits per heavy atom. The van der Waals surface area contributed by atoms with E-state index in [1.165, 1.54) is 31.5 Å². The molecule has 2 rings (SSSR count). The maximum absolute atomic E-state index is 12.4. The number of benzene rings is 1. The van der Waals surface area contributed by atoms with Crippen LogP contribution in [0.5, 0.6) is 0 Å². The van der Waals surface area contributed by atoms with Gasteiger partial charge in [0, 0.05) is 17.8 Å². The summed E-state index contributed by atoms with van der Waals surface area (Å²) in [5.41, 5.74) is 2.93. The number of anilines is 1. The van der Waals surface area contributed by atoms with Crippen LogP contribution < -0.4 is 10.0 Å². The lowest BCUT2D eigenvalue weighted by molar-refractivity contribution is -0.605. The maximum Gasteiger partial charge on any atom is 0.339 e. The van der Waals surface area contributed by atoms with E-state index in [1.807, 2.05) is 39.0 Å². The number of hydrogen-bond donors (Lipinski definition) is 1. The van der Waals surface area contributed by atoms with Crippen molar-refractivity contribution in [1.82, 2.24) is 0 Å². The summed E-state index contributed by atoms with van der Waals surface area (Å²) in [5, 5.41) is 13.9. The first-order valence-electron chi connectivity index (χ1n) is 8.09. The number of pyridine rings is 1. The molecule has 1 N–H and O–H groups in total. The van der Waals surface area contributed by atoms with E-state index >= 15 is 0 Å². The highest BCUT2D eigenvalue weighted by Crippen LogP contribution is 2.27. The van der Waals surface area contributed by atoms with Gasteiger partial charge in [-0.05, 0) is 30.9 Å². The molecule has 0 aliphatic rings. The largest absolute Gasteiger partial charge is 0.619 e. The highest BCUT2D eigenvalue weighted by Gasteiger charge is 2.21. The normalized spacial score (nSPS) is 11.9. The number of hydrogen-bond acceptors (Lipinski definition) is 4. The molecule has 0 bridgehead atoms. The Morgan fingerprint density at radius 2 is 1.76 bits per heavy atom. The minimum Gasteiger partial charge on any atom is -0.619 e. The van der Waals surface area contributed by atoms with E-state index in [9.17, 15) is 14.8 Å². The quantitative estimate of drug-likeness (QED) is 0.514. The molecule has 1 atom stereocenters. The predicted octanol–water partition coefficient (Wildman–Crippen LogP) is 2.94. The Bertz CT molecular complexity index is 769. The van der Waals surface area contributed by atoms with Crippen LogP contribution in [-0.4, -0.2) is 18.0 Å². The van der Waals surface area contributed by atoms with Crippen LogP contribution >= 0.6 is 0 Å². The molecule has 0 saturated heterocycles. The van der Waals surface area contributed by atoms with Crippen molar-refractivity contribution in [3.8, 4) is 0 Å². The molecule has 0 radical (unpaired) electrons. The summed E-state index contributed by atoms with van der Waals surface area (Å²) >= 11 is 0. The fourth-order valence-electron chi connectivity index (χ4n) is 2.40. The number of amides is 1. The Labute approximate surface area is 147 Å². The summed E-state index contributed by atoms with van der Waals surface area (Å²) in [5.74, 6) is -0.812. The van der Waals surface area contributed by atoms with Crippen molar-refractivity contribution >= 4 is 17.6 Å². The van der Waals surface area contributed by atoms with Crippen LogP contribution in [0.2, 0.25) is 0 Å². The molecular formula is C19H22N2O4. The highest BCUT2D eigenvalue weighted by molar-refractivity contribution is 5.98. The van der Waals surface area contributed by atoms with Crippen molar-refractivity contribution in [3.05, 3.63) is 64.6 Å². The summed E-state index contributed by atoms with van der Waals surface area (Å²) in [7, 11) is 0. The molecule has 1 amide bonds. The third-order valence-electron chi connectivity index (χ3n) is 3.87. The molecule has 1 aromatic carbocycles. The molecule has 1 heterocycles. The Kier molecular flexibility index (Phi) is 5.75. The highest BCUT2D eigenvalue weighted by atomic mass is 16.5. The topological polar surface area (TPSA) is 82.3 Å². The zero-order valence-corrected chi connectivity index (χ0v) is 14.8. The fourth-order valence-corrected chi connectivity index (χ4v) is 2.40. The smallest absolute Gasteiger partial charge is 0.339 e. The van der Waals surface area contributed by atoms with Crippen LogP contribution in [0.1, 0.15) is 48.2 Å². The molecule has 0 unspecified atom stereocenters. The first kappa shape index (κ1) is 18.4. The number of nitrogens with zero attached hydrogens (tertiary/aromatic N) is 1. The Balaban J connectivity index is 2.08. The van der Waals surface area contributed by atoms with Gasteiger partial charge in [-0.25, -0.2) is 4.79 Å². The number of nitrogens with one attached hydrogen (secondary N) is 1. The van der Waals surface area contributed by atoms with E-state index in [2.05, 4.69) is 5.32 Å². The van der Waals surface area contributed by atoms with Crippen molar-refractivity contribution in [2.24, 2.45) is 0 Å². The molecule has 0 fully saturated rings. The minimum atomic E-state index is -0.966. The number of carbonyl (C=O) groups is 2. The molecular weight excluding hydrogens is 320 g/mol. The van der Waals surface area contributed by atoms with Crippen LogP contribution in [0, 0.1) is 12.1 Å². The predicted molar refractivity (Wildman–Crippen MR) is 94.2 cm³/mol. The van der Waals surface area contributed by atoms with Gasteiger partial charge < -0.3 is 15.3 Å². The monoisotopic (exact) mass is 342 g/mol. The standard InChI is InChI=1S/C19H22N2O4/c1-12(2)16-7-5-6-13(3)17(16)20-18(22)14(4)25-19(23)15-8-10-21(24)11-9-15/h5-12,14H,1-4H3,(H,20,22)/t14-/m0/s1. The van der Waals surface area contributed by atoms with Crippen LogP contribution in [-0.2, 0) is 9.53 Å². The average Bonchev–Trinajstić information content (AvgIpc) is 2.56. The molecule has 25 heavy (non-hydrogen) atoms. The number of esters is 1. The van der Waals surface area contributed by atoms with Crippen molar-refractivity contribution in [2.45, 2.75) is 39.7 Å². The molecule has 0 aliphatic heterocycles. The van der Waals surface area contributed by atoms with Gasteiger partial charge in [0.15, 0.2) is 18.5 Å². The van der Waals surface area contributed by atoms with Gasteiger partial charge in [-0.3, -0.25) is 4.79 Å². The van der Waals surface area contributed by atoms with Crippen LogP contribution in [0.15, 0.2) is 42.7 Å². The maximum atomic E-state index is 12.4. The van der Waals surface area contributed by atoms with E-state index in [0.29, 0.717) is 4.73 Å². The Morgan fingerprint density at radius 1 is 1.12 bits per heavy atom. The lowest BCUT2D eigenvalue weighted by Crippen LogP contribution is -2.31. The second-order valence-corrected chi connectivity index (χ2v) is 6.18. The van der Waals surface area contributed by atoms with Crippen LogP contribution in [0.3, 0.4) is 0 Å². The number of carbonyl (C=O) groups excluding carboxylic acids is 2. The van der Waals surface area contributed by atoms with Crippen molar-refractivity contribution in [3.63, 3.8) is 0 Å². The van der Waals surface area contributed by atoms with Crippen molar-refractivity contribution in [2.75, 3.05) is 5.32 Å². The zero-order valence-electron chi connectivity index (χ0n) is 14.8. The van der Waals surface area contributed by atoms with Crippen molar-refractivity contribution in [1.29, 1.82) is 0 Å². The second-order valence-electron chi connectivity index (χ2n) is 6.18. The number of ether oxygens (including phenoxy) is 1. The lowest BCUT2D eigenvalue weighted by atomic mass is 9.98. The van der Waals surface area contributed by atoms with E-state index in [1.54, 1.807) is 0 Å². The van der Waals surface area contributed by atoms with E-state index in [4.69, 9.17) is 4.74 Å². The molecule has 0 spiro atoms. The average molecular weight is 342 g/mol. The van der Waals surface area contributed by atoms with Gasteiger partial charge in [0.1, 0.15) is 0 Å². The van der Waals surface area contributed by atoms with Gasteiger partial charge in [-0.1, -0.05) is 32.0 Å². The number of para-hydroxylation sites is 1. The minimum absolute atomic E-state index is 0.213. The molecule has 6 nitrogen and oxygen atoms in total. The second kappa shape index (κ2) is 7.79. The summed E-state index contributed by atoms with van der Waals surface area (Å²) in [6.07, 6.45) is 1.43. The first-order chi connectivity index (χ1) is 11.8. The van der Waals surface area contributed by atoms with Gasteiger partial charge in [0.2, 0.25) is 0 Å². The summed E-state index contributed by atoms with van der Waals surface area (Å²) in [6, 6.07) is 8.52. The summed E-state index contributed by atoms with van der Waals surface area (Å²) < 4.78 is 5.76. The van der Waals surface area contributed by atoms with Crippen molar-refractivity contribution < 1.29 is 19.1 Å². The van der Waals surface area contributed by atoms with Gasteiger partial charge in [0.25, 0.3) is 5.91 Å². The third-order valence-corrected chi connectivity index (χ3v) is 3.87.